The predicted octanol–water partition coefficient (Wildman–Crippen LogP) is 1.73. The Kier molecular flexibility index (Phi) is 6.72. The molecular formula is C14H22O4. The molecule has 0 radical (unpaired) electrons. The Morgan fingerprint density at radius 3 is 2.33 bits per heavy atom. The van der Waals surface area contributed by atoms with Gasteiger partial charge in [0.05, 0.1) is 25.9 Å². The van der Waals surface area contributed by atoms with Crippen molar-refractivity contribution in [3.05, 3.63) is 29.8 Å². The van der Waals surface area contributed by atoms with Crippen molar-refractivity contribution in [2.24, 2.45) is 0 Å². The van der Waals surface area contributed by atoms with Gasteiger partial charge in [0.15, 0.2) is 0 Å². The van der Waals surface area contributed by atoms with Gasteiger partial charge in [-0.1, -0.05) is 19.1 Å². The summed E-state index contributed by atoms with van der Waals surface area (Å²) in [6.07, 6.45) is -0.356. The molecule has 0 aliphatic carbocycles. The van der Waals surface area contributed by atoms with Crippen molar-refractivity contribution >= 4 is 0 Å². The first kappa shape index (κ1) is 15.0. The third-order valence-corrected chi connectivity index (χ3v) is 2.85. The van der Waals surface area contributed by atoms with Gasteiger partial charge in [-0.2, -0.15) is 0 Å². The number of hydrogen-bond acceptors (Lipinski definition) is 4. The zero-order valence-electron chi connectivity index (χ0n) is 11.0. The second-order valence-electron chi connectivity index (χ2n) is 4.23. The monoisotopic (exact) mass is 254 g/mol. The number of rotatable bonds is 8. The smallest absolute Gasteiger partial charge is 0.118 e. The number of hydrogen-bond donors (Lipinski definition) is 2. The zero-order chi connectivity index (χ0) is 13.4. The highest BCUT2D eigenvalue weighted by Crippen LogP contribution is 2.12. The van der Waals surface area contributed by atoms with E-state index in [4.69, 9.17) is 9.47 Å². The number of aliphatic hydroxyl groups excluding tert-OH is 2. The van der Waals surface area contributed by atoms with Gasteiger partial charge in [0.1, 0.15) is 5.75 Å². The van der Waals surface area contributed by atoms with E-state index in [0.29, 0.717) is 26.1 Å². The van der Waals surface area contributed by atoms with Crippen molar-refractivity contribution < 1.29 is 19.7 Å². The summed E-state index contributed by atoms with van der Waals surface area (Å²) in [4.78, 5) is 0. The average Bonchev–Trinajstić information content (AvgIpc) is 2.43. The highest BCUT2D eigenvalue weighted by atomic mass is 16.5. The van der Waals surface area contributed by atoms with Gasteiger partial charge in [-0.05, 0) is 30.5 Å². The fourth-order valence-corrected chi connectivity index (χ4v) is 1.58. The van der Waals surface area contributed by atoms with Crippen molar-refractivity contribution in [3.63, 3.8) is 0 Å². The summed E-state index contributed by atoms with van der Waals surface area (Å²) in [7, 11) is 1.63. The first-order valence-electron chi connectivity index (χ1n) is 6.24. The Labute approximate surface area is 108 Å². The molecule has 1 aromatic rings. The van der Waals surface area contributed by atoms with Crippen LogP contribution in [-0.2, 0) is 11.3 Å². The Hall–Kier alpha value is -1.10. The summed E-state index contributed by atoms with van der Waals surface area (Å²) in [5.74, 6) is 0.820. The first-order chi connectivity index (χ1) is 8.67. The molecule has 1 rings (SSSR count). The summed E-state index contributed by atoms with van der Waals surface area (Å²) in [5.41, 5.74) is 1.06. The standard InChI is InChI=1S/C14H22O4/c1-3-13(15)14(16)8-9-18-10-11-4-6-12(17-2)7-5-11/h4-7,13-16H,3,8-10H2,1-2H3/t13-,14-/m0/s1. The van der Waals surface area contributed by atoms with E-state index in [1.807, 2.05) is 31.2 Å². The van der Waals surface area contributed by atoms with E-state index in [9.17, 15) is 10.2 Å². The third-order valence-electron chi connectivity index (χ3n) is 2.85. The molecule has 0 spiro atoms. The van der Waals surface area contributed by atoms with E-state index in [0.717, 1.165) is 11.3 Å². The largest absolute Gasteiger partial charge is 0.497 e. The lowest BCUT2D eigenvalue weighted by Gasteiger charge is -2.15. The Morgan fingerprint density at radius 2 is 1.78 bits per heavy atom. The summed E-state index contributed by atoms with van der Waals surface area (Å²) >= 11 is 0. The number of methoxy groups -OCH3 is 1. The lowest BCUT2D eigenvalue weighted by atomic mass is 10.1. The second kappa shape index (κ2) is 8.08. The van der Waals surface area contributed by atoms with Crippen LogP contribution in [0.1, 0.15) is 25.3 Å². The van der Waals surface area contributed by atoms with Crippen LogP contribution >= 0.6 is 0 Å². The SMILES string of the molecule is CC[C@H](O)[C@@H](O)CCOCc1ccc(OC)cc1. The molecule has 0 aliphatic rings. The molecule has 0 fully saturated rings. The van der Waals surface area contributed by atoms with Crippen molar-refractivity contribution in [3.8, 4) is 5.75 Å². The molecule has 102 valence electrons. The molecule has 0 bridgehead atoms. The minimum atomic E-state index is -0.703. The lowest BCUT2D eigenvalue weighted by Crippen LogP contribution is -2.26. The van der Waals surface area contributed by atoms with Crippen LogP contribution in [0.5, 0.6) is 5.75 Å². The number of aliphatic hydroxyl groups is 2. The van der Waals surface area contributed by atoms with Gasteiger partial charge in [-0.3, -0.25) is 0 Å². The molecule has 0 amide bonds. The van der Waals surface area contributed by atoms with Crippen LogP contribution < -0.4 is 4.74 Å². The summed E-state index contributed by atoms with van der Waals surface area (Å²) in [5, 5.41) is 18.9. The Morgan fingerprint density at radius 1 is 1.11 bits per heavy atom. The number of benzene rings is 1. The molecule has 0 aliphatic heterocycles. The van der Waals surface area contributed by atoms with E-state index in [1.54, 1.807) is 7.11 Å². The van der Waals surface area contributed by atoms with Gasteiger partial charge in [0.2, 0.25) is 0 Å². The maximum absolute atomic E-state index is 9.54. The number of ether oxygens (including phenoxy) is 2. The van der Waals surface area contributed by atoms with Crippen molar-refractivity contribution in [1.82, 2.24) is 0 Å². The first-order valence-corrected chi connectivity index (χ1v) is 6.24. The zero-order valence-corrected chi connectivity index (χ0v) is 11.0. The lowest BCUT2D eigenvalue weighted by molar-refractivity contribution is -0.00799. The summed E-state index contributed by atoms with van der Waals surface area (Å²) in [6, 6.07) is 7.65. The second-order valence-corrected chi connectivity index (χ2v) is 4.23. The van der Waals surface area contributed by atoms with Crippen LogP contribution in [0.2, 0.25) is 0 Å². The van der Waals surface area contributed by atoms with Gasteiger partial charge in [-0.25, -0.2) is 0 Å². The minimum absolute atomic E-state index is 0.435. The molecule has 0 heterocycles. The van der Waals surface area contributed by atoms with Crippen LogP contribution in [0.25, 0.3) is 0 Å². The molecule has 0 saturated heterocycles. The fraction of sp³-hybridized carbons (Fsp3) is 0.571. The van der Waals surface area contributed by atoms with E-state index < -0.39 is 12.2 Å². The maximum atomic E-state index is 9.54. The van der Waals surface area contributed by atoms with Crippen molar-refractivity contribution in [1.29, 1.82) is 0 Å². The molecule has 0 aromatic heterocycles. The molecular weight excluding hydrogens is 232 g/mol. The van der Waals surface area contributed by atoms with E-state index >= 15 is 0 Å². The van der Waals surface area contributed by atoms with Gasteiger partial charge >= 0.3 is 0 Å². The van der Waals surface area contributed by atoms with Crippen LogP contribution in [0.15, 0.2) is 24.3 Å². The maximum Gasteiger partial charge on any atom is 0.118 e. The molecule has 1 aromatic carbocycles. The van der Waals surface area contributed by atoms with Crippen LogP contribution in [-0.4, -0.2) is 36.1 Å². The van der Waals surface area contributed by atoms with E-state index in [2.05, 4.69) is 0 Å². The molecule has 18 heavy (non-hydrogen) atoms. The Balaban J connectivity index is 2.21. The highest BCUT2D eigenvalue weighted by Gasteiger charge is 2.13. The topological polar surface area (TPSA) is 58.9 Å². The fourth-order valence-electron chi connectivity index (χ4n) is 1.58. The molecule has 2 atom stereocenters. The normalized spacial score (nSPS) is 14.2. The van der Waals surface area contributed by atoms with Crippen molar-refractivity contribution in [2.75, 3.05) is 13.7 Å². The molecule has 0 saturated carbocycles. The van der Waals surface area contributed by atoms with Crippen molar-refractivity contribution in [2.45, 2.75) is 38.6 Å². The van der Waals surface area contributed by atoms with Gasteiger partial charge in [0, 0.05) is 6.61 Å². The average molecular weight is 254 g/mol. The van der Waals surface area contributed by atoms with Gasteiger partial charge < -0.3 is 19.7 Å². The third kappa shape index (κ3) is 5.04. The van der Waals surface area contributed by atoms with Crippen LogP contribution in [0.4, 0.5) is 0 Å². The predicted molar refractivity (Wildman–Crippen MR) is 69.6 cm³/mol. The van der Waals surface area contributed by atoms with Gasteiger partial charge in [0.25, 0.3) is 0 Å². The van der Waals surface area contributed by atoms with Crippen LogP contribution in [0, 0.1) is 0 Å². The van der Waals surface area contributed by atoms with E-state index in [-0.39, 0.29) is 0 Å². The Bertz CT molecular complexity index is 323. The molecule has 4 heteroatoms. The highest BCUT2D eigenvalue weighted by molar-refractivity contribution is 5.26. The molecule has 4 nitrogen and oxygen atoms in total. The molecule has 2 N–H and O–H groups in total. The molecule has 0 unspecified atom stereocenters. The van der Waals surface area contributed by atoms with Gasteiger partial charge in [-0.15, -0.1) is 0 Å². The van der Waals surface area contributed by atoms with E-state index in [1.165, 1.54) is 0 Å². The summed E-state index contributed by atoms with van der Waals surface area (Å²) < 4.78 is 10.5. The summed E-state index contributed by atoms with van der Waals surface area (Å²) in [6.45, 7) is 2.77. The van der Waals surface area contributed by atoms with Crippen LogP contribution in [0.3, 0.4) is 0 Å². The minimum Gasteiger partial charge on any atom is -0.497 e. The quantitative estimate of drug-likeness (QED) is 0.694.